The molecule has 5 heterocycles. The molecule has 2 aliphatic heterocycles. The number of aromatic nitrogens is 4. The Labute approximate surface area is 212 Å². The van der Waals surface area contributed by atoms with Crippen molar-refractivity contribution < 1.29 is 0 Å². The molecule has 182 valence electrons. The van der Waals surface area contributed by atoms with Crippen LogP contribution in [0.1, 0.15) is 85.1 Å². The Morgan fingerprint density at radius 2 is 1.28 bits per heavy atom. The molecular formula is C32H34N4. The average Bonchev–Trinajstić information content (AvgIpc) is 3.54. The van der Waals surface area contributed by atoms with Crippen LogP contribution in [-0.2, 0) is 19.3 Å². The van der Waals surface area contributed by atoms with Gasteiger partial charge in [-0.3, -0.25) is 0 Å². The maximum absolute atomic E-state index is 5.10. The molecule has 0 aromatic carbocycles. The largest absolute Gasteiger partial charge is 0.355 e. The van der Waals surface area contributed by atoms with Gasteiger partial charge in [0.05, 0.1) is 22.8 Å². The van der Waals surface area contributed by atoms with Crippen LogP contribution in [0.4, 0.5) is 0 Å². The van der Waals surface area contributed by atoms with Crippen LogP contribution >= 0.6 is 0 Å². The summed E-state index contributed by atoms with van der Waals surface area (Å²) in [4.78, 5) is 17.6. The minimum absolute atomic E-state index is 0.852. The van der Waals surface area contributed by atoms with E-state index in [0.29, 0.717) is 0 Å². The van der Waals surface area contributed by atoms with E-state index in [1.807, 2.05) is 0 Å². The molecule has 3 aromatic rings. The zero-order chi connectivity index (χ0) is 25.1. The van der Waals surface area contributed by atoms with Crippen LogP contribution in [0.2, 0.25) is 0 Å². The van der Waals surface area contributed by atoms with Crippen molar-refractivity contribution in [2.45, 2.75) is 66.2 Å². The molecule has 0 radical (unpaired) electrons. The minimum Gasteiger partial charge on any atom is -0.355 e. The van der Waals surface area contributed by atoms with Crippen molar-refractivity contribution in [1.82, 2.24) is 19.9 Å². The van der Waals surface area contributed by atoms with Gasteiger partial charge in [0.15, 0.2) is 0 Å². The highest BCUT2D eigenvalue weighted by molar-refractivity contribution is 6.05. The summed E-state index contributed by atoms with van der Waals surface area (Å²) in [5, 5.41) is 0. The van der Waals surface area contributed by atoms with Crippen molar-refractivity contribution in [2.24, 2.45) is 0 Å². The van der Waals surface area contributed by atoms with E-state index < -0.39 is 0 Å². The number of H-pyrrole nitrogens is 2. The van der Waals surface area contributed by atoms with Crippen molar-refractivity contribution >= 4 is 44.4 Å². The number of hydrogen-bond acceptors (Lipinski definition) is 2. The van der Waals surface area contributed by atoms with Crippen LogP contribution in [0, 0.1) is 6.92 Å². The molecule has 0 amide bonds. The molecule has 8 bridgehead atoms. The smallest absolute Gasteiger partial charge is 0.0731 e. The van der Waals surface area contributed by atoms with Crippen LogP contribution < -0.4 is 0 Å². The van der Waals surface area contributed by atoms with Crippen molar-refractivity contribution in [3.8, 4) is 0 Å². The fraction of sp³-hybridized carbons (Fsp3) is 0.312. The minimum atomic E-state index is 0.852. The Hall–Kier alpha value is -3.66. The van der Waals surface area contributed by atoms with E-state index in [4.69, 9.17) is 9.97 Å². The lowest BCUT2D eigenvalue weighted by atomic mass is 9.93. The summed E-state index contributed by atoms with van der Waals surface area (Å²) in [5.41, 5.74) is 18.2. The molecule has 3 aliphatic rings. The predicted molar refractivity (Wildman–Crippen MR) is 153 cm³/mol. The molecule has 2 N–H and O–H groups in total. The molecular weight excluding hydrogens is 440 g/mol. The molecule has 36 heavy (non-hydrogen) atoms. The van der Waals surface area contributed by atoms with Crippen molar-refractivity contribution in [2.75, 3.05) is 0 Å². The first kappa shape index (κ1) is 22.8. The second-order valence-corrected chi connectivity index (χ2v) is 10.3. The molecule has 6 rings (SSSR count). The monoisotopic (exact) mass is 474 g/mol. The van der Waals surface area contributed by atoms with E-state index in [0.717, 1.165) is 70.6 Å². The van der Waals surface area contributed by atoms with Crippen molar-refractivity contribution in [3.63, 3.8) is 0 Å². The van der Waals surface area contributed by atoms with Crippen LogP contribution in [0.3, 0.4) is 0 Å². The van der Waals surface area contributed by atoms with Gasteiger partial charge < -0.3 is 9.97 Å². The normalized spacial score (nSPS) is 15.6. The van der Waals surface area contributed by atoms with Crippen LogP contribution in [-0.4, -0.2) is 19.9 Å². The SMILES string of the molecule is C=C1C(=C)c2cc3[nH]c(cc4[nH]c(cc5nc(cc1n2)C(CC)=C5C)c1c4CCCC1)c(C)c3CC. The molecule has 0 saturated carbocycles. The predicted octanol–water partition coefficient (Wildman–Crippen LogP) is 8.13. The zero-order valence-electron chi connectivity index (χ0n) is 21.9. The Morgan fingerprint density at radius 1 is 0.694 bits per heavy atom. The lowest BCUT2D eigenvalue weighted by Gasteiger charge is -2.11. The van der Waals surface area contributed by atoms with Gasteiger partial charge in [-0.1, -0.05) is 27.0 Å². The van der Waals surface area contributed by atoms with Crippen LogP contribution in [0.25, 0.3) is 44.4 Å². The van der Waals surface area contributed by atoms with E-state index in [9.17, 15) is 0 Å². The van der Waals surface area contributed by atoms with Gasteiger partial charge in [-0.15, -0.1) is 0 Å². The number of allylic oxidation sites excluding steroid dienone is 4. The van der Waals surface area contributed by atoms with Gasteiger partial charge in [0.25, 0.3) is 0 Å². The van der Waals surface area contributed by atoms with Gasteiger partial charge in [0.1, 0.15) is 0 Å². The molecule has 4 heteroatoms. The summed E-state index contributed by atoms with van der Waals surface area (Å²) in [7, 11) is 0. The van der Waals surface area contributed by atoms with Gasteiger partial charge in [0, 0.05) is 33.2 Å². The van der Waals surface area contributed by atoms with Gasteiger partial charge in [-0.2, -0.15) is 0 Å². The third kappa shape index (κ3) is 3.42. The maximum Gasteiger partial charge on any atom is 0.0731 e. The van der Waals surface area contributed by atoms with E-state index in [-0.39, 0.29) is 0 Å². The fourth-order valence-electron chi connectivity index (χ4n) is 6.14. The number of rotatable bonds is 2. The van der Waals surface area contributed by atoms with E-state index in [2.05, 4.69) is 75.1 Å². The zero-order valence-corrected chi connectivity index (χ0v) is 21.9. The molecule has 4 nitrogen and oxygen atoms in total. The maximum atomic E-state index is 5.10. The number of nitrogens with one attached hydrogen (secondary N) is 2. The topological polar surface area (TPSA) is 57.4 Å². The molecule has 0 atom stereocenters. The van der Waals surface area contributed by atoms with Crippen molar-refractivity contribution in [3.05, 3.63) is 82.5 Å². The Balaban J connectivity index is 1.79. The van der Waals surface area contributed by atoms with Crippen LogP contribution in [0.5, 0.6) is 0 Å². The quantitative estimate of drug-likeness (QED) is 0.394. The van der Waals surface area contributed by atoms with Gasteiger partial charge in [-0.25, -0.2) is 9.97 Å². The van der Waals surface area contributed by atoms with Gasteiger partial charge in [0.2, 0.25) is 0 Å². The first-order valence-corrected chi connectivity index (χ1v) is 13.2. The molecule has 1 aliphatic carbocycles. The number of aromatic amines is 2. The first-order valence-electron chi connectivity index (χ1n) is 13.2. The lowest BCUT2D eigenvalue weighted by Crippen LogP contribution is -1.99. The van der Waals surface area contributed by atoms with Crippen molar-refractivity contribution in [1.29, 1.82) is 0 Å². The molecule has 0 fully saturated rings. The number of fused-ring (bicyclic) bond motifs is 11. The molecule has 0 saturated heterocycles. The molecule has 0 spiro atoms. The molecule has 0 unspecified atom stereocenters. The van der Waals surface area contributed by atoms with E-state index >= 15 is 0 Å². The number of nitrogens with zero attached hydrogens (tertiary/aromatic N) is 2. The van der Waals surface area contributed by atoms with Gasteiger partial charge >= 0.3 is 0 Å². The highest BCUT2D eigenvalue weighted by Gasteiger charge is 2.21. The summed E-state index contributed by atoms with van der Waals surface area (Å²) in [6.45, 7) is 17.5. The Kier molecular flexibility index (Phi) is 5.36. The van der Waals surface area contributed by atoms with E-state index in [1.165, 1.54) is 57.3 Å². The van der Waals surface area contributed by atoms with E-state index in [1.54, 1.807) is 0 Å². The molecule has 3 aromatic heterocycles. The summed E-state index contributed by atoms with van der Waals surface area (Å²) >= 11 is 0. The average molecular weight is 475 g/mol. The lowest BCUT2D eigenvalue weighted by molar-refractivity contribution is 0.696. The Bertz CT molecular complexity index is 1650. The third-order valence-electron chi connectivity index (χ3n) is 8.28. The number of hydrogen-bond donors (Lipinski definition) is 2. The highest BCUT2D eigenvalue weighted by Crippen LogP contribution is 2.37. The second kappa shape index (κ2) is 8.48. The standard InChI is InChI=1S/C32H34N4/c1-7-21-19(5)27-15-31-23-11-9-10-12-24(23)32(36-31)16-28-20(6)22(8-2)30(35-28)14-26-18(4)17(3)25(33-26)13-29(21)34-27/h13-16,34,36H,3-4,7-12H2,1-2,5-6H3. The summed E-state index contributed by atoms with van der Waals surface area (Å²) in [6.07, 6.45) is 6.59. The Morgan fingerprint density at radius 3 is 1.94 bits per heavy atom. The number of aryl methyl sites for hydroxylation is 4. The first-order chi connectivity index (χ1) is 17.4. The summed E-state index contributed by atoms with van der Waals surface area (Å²) in [6, 6.07) is 8.81. The third-order valence-corrected chi connectivity index (χ3v) is 8.28. The summed E-state index contributed by atoms with van der Waals surface area (Å²) < 4.78 is 0. The highest BCUT2D eigenvalue weighted by atomic mass is 14.8. The van der Waals surface area contributed by atoms with Gasteiger partial charge in [-0.05, 0) is 110 Å². The second-order valence-electron chi connectivity index (χ2n) is 10.3. The fourth-order valence-corrected chi connectivity index (χ4v) is 6.14. The van der Waals surface area contributed by atoms with Crippen LogP contribution in [0.15, 0.2) is 37.4 Å². The summed E-state index contributed by atoms with van der Waals surface area (Å²) in [5.74, 6) is 0.